The van der Waals surface area contributed by atoms with Gasteiger partial charge in [-0.25, -0.2) is 9.97 Å². The molecule has 0 aromatic carbocycles. The van der Waals surface area contributed by atoms with Gasteiger partial charge in [0.2, 0.25) is 11.9 Å². The Morgan fingerprint density at radius 3 is 2.84 bits per heavy atom. The van der Waals surface area contributed by atoms with E-state index in [2.05, 4.69) is 25.1 Å². The summed E-state index contributed by atoms with van der Waals surface area (Å²) in [6.45, 7) is 4.27. The van der Waals surface area contributed by atoms with Crippen molar-refractivity contribution in [3.8, 4) is 11.4 Å². The van der Waals surface area contributed by atoms with Crippen molar-refractivity contribution in [2.24, 2.45) is 5.92 Å². The molecule has 8 heteroatoms. The van der Waals surface area contributed by atoms with Crippen molar-refractivity contribution in [2.75, 3.05) is 31.1 Å². The third kappa shape index (κ3) is 4.64. The Bertz CT molecular complexity index is 979. The van der Waals surface area contributed by atoms with Gasteiger partial charge in [0.05, 0.1) is 24.2 Å². The molecule has 0 aliphatic carbocycles. The normalized spacial score (nSPS) is 20.3. The molecule has 0 spiro atoms. The summed E-state index contributed by atoms with van der Waals surface area (Å²) in [5.41, 5.74) is 1.86. The van der Waals surface area contributed by atoms with Gasteiger partial charge in [-0.05, 0) is 62.7 Å². The number of anilines is 1. The summed E-state index contributed by atoms with van der Waals surface area (Å²) < 4.78 is 5.44. The number of nitrogens with zero attached hydrogens (tertiary/aromatic N) is 4. The number of rotatable bonds is 6. The minimum absolute atomic E-state index is 0.0920. The van der Waals surface area contributed by atoms with Crippen LogP contribution in [-0.2, 0) is 11.3 Å². The van der Waals surface area contributed by atoms with Crippen LogP contribution in [0.3, 0.4) is 0 Å². The number of furan rings is 1. The summed E-state index contributed by atoms with van der Waals surface area (Å²) in [6.07, 6.45) is 8.09. The highest BCUT2D eigenvalue weighted by Crippen LogP contribution is 2.22. The van der Waals surface area contributed by atoms with Gasteiger partial charge in [0, 0.05) is 37.4 Å². The lowest BCUT2D eigenvalue weighted by molar-refractivity contribution is -0.127. The molecule has 1 amide bonds. The number of aromatic nitrogens is 3. The Balaban J connectivity index is 1.11. The van der Waals surface area contributed by atoms with Gasteiger partial charge in [0.15, 0.2) is 0 Å². The van der Waals surface area contributed by atoms with Crippen molar-refractivity contribution >= 4 is 11.9 Å². The molecular formula is C23H28N6O2. The topological polar surface area (TPSA) is 90.3 Å². The molecule has 5 heterocycles. The molecule has 2 fully saturated rings. The average Bonchev–Trinajstić information content (AvgIpc) is 3.57. The van der Waals surface area contributed by atoms with Crippen LogP contribution in [0.25, 0.3) is 11.4 Å². The Kier molecular flexibility index (Phi) is 5.71. The van der Waals surface area contributed by atoms with Crippen molar-refractivity contribution < 1.29 is 9.21 Å². The predicted octanol–water partition coefficient (Wildman–Crippen LogP) is 2.67. The van der Waals surface area contributed by atoms with E-state index in [0.29, 0.717) is 0 Å². The van der Waals surface area contributed by atoms with E-state index in [4.69, 9.17) is 9.40 Å². The highest BCUT2D eigenvalue weighted by molar-refractivity contribution is 5.79. The first-order chi connectivity index (χ1) is 15.2. The summed E-state index contributed by atoms with van der Waals surface area (Å²) in [4.78, 5) is 29.7. The molecule has 2 saturated heterocycles. The van der Waals surface area contributed by atoms with E-state index in [1.54, 1.807) is 12.5 Å². The minimum Gasteiger partial charge on any atom is -0.468 e. The summed E-state index contributed by atoms with van der Waals surface area (Å²) in [7, 11) is 0. The molecule has 0 saturated carbocycles. The molecule has 5 rings (SSSR count). The van der Waals surface area contributed by atoms with Crippen LogP contribution in [0.15, 0.2) is 53.4 Å². The van der Waals surface area contributed by atoms with Gasteiger partial charge in [-0.3, -0.25) is 9.69 Å². The van der Waals surface area contributed by atoms with Gasteiger partial charge in [-0.2, -0.15) is 0 Å². The lowest BCUT2D eigenvalue weighted by atomic mass is 9.95. The minimum atomic E-state index is 0.0920. The third-order valence-electron chi connectivity index (χ3n) is 6.25. The second-order valence-corrected chi connectivity index (χ2v) is 8.40. The van der Waals surface area contributed by atoms with Crippen molar-refractivity contribution in [1.29, 1.82) is 0 Å². The first-order valence-electron chi connectivity index (χ1n) is 11.0. The highest BCUT2D eigenvalue weighted by atomic mass is 16.3. The predicted molar refractivity (Wildman–Crippen MR) is 117 cm³/mol. The molecule has 1 unspecified atom stereocenters. The Hall–Kier alpha value is -3.13. The number of hydrogen-bond acceptors (Lipinski definition) is 6. The van der Waals surface area contributed by atoms with E-state index in [-0.39, 0.29) is 17.9 Å². The Morgan fingerprint density at radius 1 is 1.16 bits per heavy atom. The van der Waals surface area contributed by atoms with Gasteiger partial charge >= 0.3 is 0 Å². The molecule has 162 valence electrons. The zero-order valence-corrected chi connectivity index (χ0v) is 17.5. The third-order valence-corrected chi connectivity index (χ3v) is 6.25. The average molecular weight is 421 g/mol. The van der Waals surface area contributed by atoms with Crippen molar-refractivity contribution in [3.63, 3.8) is 0 Å². The number of likely N-dealkylation sites (tertiary alicyclic amines) is 1. The number of piperidine rings is 1. The summed E-state index contributed by atoms with van der Waals surface area (Å²) in [6, 6.07) is 9.93. The molecule has 2 N–H and O–H groups in total. The number of amides is 1. The molecule has 2 aliphatic heterocycles. The number of carbonyl (C=O) groups is 1. The fraction of sp³-hybridized carbons (Fsp3) is 0.435. The maximum atomic E-state index is 12.8. The zero-order chi connectivity index (χ0) is 21.0. The zero-order valence-electron chi connectivity index (χ0n) is 17.5. The van der Waals surface area contributed by atoms with E-state index >= 15 is 0 Å². The lowest BCUT2D eigenvalue weighted by Gasteiger charge is -2.31. The number of aromatic amines is 1. The Labute approximate surface area is 181 Å². The summed E-state index contributed by atoms with van der Waals surface area (Å²) >= 11 is 0. The summed E-state index contributed by atoms with van der Waals surface area (Å²) in [5, 5.41) is 3.27. The van der Waals surface area contributed by atoms with Crippen LogP contribution >= 0.6 is 0 Å². The quantitative estimate of drug-likeness (QED) is 0.637. The highest BCUT2D eigenvalue weighted by Gasteiger charge is 2.30. The van der Waals surface area contributed by atoms with Crippen LogP contribution in [0.1, 0.15) is 25.0 Å². The van der Waals surface area contributed by atoms with Crippen LogP contribution in [0, 0.1) is 5.92 Å². The van der Waals surface area contributed by atoms with Crippen molar-refractivity contribution in [1.82, 2.24) is 25.2 Å². The van der Waals surface area contributed by atoms with Crippen molar-refractivity contribution in [3.05, 3.63) is 54.7 Å². The fourth-order valence-electron chi connectivity index (χ4n) is 4.50. The molecule has 31 heavy (non-hydrogen) atoms. The molecule has 1 atom stereocenters. The van der Waals surface area contributed by atoms with E-state index < -0.39 is 0 Å². The molecule has 3 aromatic heterocycles. The molecule has 8 nitrogen and oxygen atoms in total. The maximum Gasteiger partial charge on any atom is 0.225 e. The van der Waals surface area contributed by atoms with E-state index in [1.165, 1.54) is 0 Å². The van der Waals surface area contributed by atoms with E-state index in [1.807, 2.05) is 36.5 Å². The van der Waals surface area contributed by atoms with Crippen LogP contribution in [0.4, 0.5) is 5.95 Å². The molecule has 0 bridgehead atoms. The number of H-pyrrole nitrogens is 1. The van der Waals surface area contributed by atoms with Gasteiger partial charge in [0.25, 0.3) is 0 Å². The van der Waals surface area contributed by atoms with Crippen LogP contribution in [-0.4, -0.2) is 58.0 Å². The first-order valence-corrected chi connectivity index (χ1v) is 11.0. The maximum absolute atomic E-state index is 12.8. The van der Waals surface area contributed by atoms with Crippen LogP contribution in [0.5, 0.6) is 0 Å². The molecule has 0 radical (unpaired) electrons. The standard InChI is InChI=1S/C23H28N6O2/c30-22(17-6-11-28(12-7-17)16-19-3-2-14-31-19)26-18-8-13-29(15-18)23-25-10-5-21(27-23)20-4-1-9-24-20/h1-5,9-10,14,17-18,24H,6-8,11-13,15-16H2,(H,26,30). The number of hydrogen-bond donors (Lipinski definition) is 2. The van der Waals surface area contributed by atoms with Crippen LogP contribution in [0.2, 0.25) is 0 Å². The van der Waals surface area contributed by atoms with Gasteiger partial charge in [-0.15, -0.1) is 0 Å². The molecule has 3 aromatic rings. The van der Waals surface area contributed by atoms with Crippen molar-refractivity contribution in [2.45, 2.75) is 31.8 Å². The summed E-state index contributed by atoms with van der Waals surface area (Å²) in [5.74, 6) is 1.98. The fourth-order valence-corrected chi connectivity index (χ4v) is 4.50. The largest absolute Gasteiger partial charge is 0.468 e. The molecule has 2 aliphatic rings. The van der Waals surface area contributed by atoms with Gasteiger partial charge < -0.3 is 19.6 Å². The SMILES string of the molecule is O=C(NC1CCN(c2nccc(-c3ccc[nH]3)n2)C1)C1CCN(Cc2ccco2)CC1. The number of carbonyl (C=O) groups excluding carboxylic acids is 1. The second-order valence-electron chi connectivity index (χ2n) is 8.40. The van der Waals surface area contributed by atoms with E-state index in [9.17, 15) is 4.79 Å². The van der Waals surface area contributed by atoms with Gasteiger partial charge in [-0.1, -0.05) is 0 Å². The lowest BCUT2D eigenvalue weighted by Crippen LogP contribution is -2.44. The first kappa shape index (κ1) is 19.8. The smallest absolute Gasteiger partial charge is 0.225 e. The van der Waals surface area contributed by atoms with Crippen LogP contribution < -0.4 is 10.2 Å². The number of nitrogens with one attached hydrogen (secondary N) is 2. The Morgan fingerprint density at radius 2 is 2.06 bits per heavy atom. The second kappa shape index (κ2) is 8.93. The van der Waals surface area contributed by atoms with Gasteiger partial charge in [0.1, 0.15) is 5.76 Å². The molecular weight excluding hydrogens is 392 g/mol. The van der Waals surface area contributed by atoms with E-state index in [0.717, 1.165) is 75.1 Å². The monoisotopic (exact) mass is 420 g/mol.